The molecule has 0 amide bonds. The molecule has 4 nitrogen and oxygen atoms in total. The summed E-state index contributed by atoms with van der Waals surface area (Å²) in [6, 6.07) is 4.45. The summed E-state index contributed by atoms with van der Waals surface area (Å²) in [6.45, 7) is 8.45. The van der Waals surface area contributed by atoms with Crippen molar-refractivity contribution in [1.29, 1.82) is 0 Å². The van der Waals surface area contributed by atoms with Crippen LogP contribution >= 0.6 is 0 Å². The summed E-state index contributed by atoms with van der Waals surface area (Å²) >= 11 is 0. The number of hydrogen-bond donors (Lipinski definition) is 1. The number of aromatic nitrogens is 1. The van der Waals surface area contributed by atoms with Crippen LogP contribution in [0.3, 0.4) is 0 Å². The highest BCUT2D eigenvalue weighted by Gasteiger charge is 2.34. The lowest BCUT2D eigenvalue weighted by atomic mass is 9.96. The fourth-order valence-corrected chi connectivity index (χ4v) is 2.63. The number of piperazine rings is 1. The van der Waals surface area contributed by atoms with Gasteiger partial charge in [-0.05, 0) is 38.6 Å². The SMILES string of the molecule is CN1CCN(C(CN)c2ccncc2)CC1(C)C. The van der Waals surface area contributed by atoms with E-state index in [1.165, 1.54) is 5.56 Å². The molecule has 0 aliphatic carbocycles. The van der Waals surface area contributed by atoms with Crippen molar-refractivity contribution in [1.82, 2.24) is 14.8 Å². The van der Waals surface area contributed by atoms with E-state index >= 15 is 0 Å². The molecule has 1 aromatic heterocycles. The van der Waals surface area contributed by atoms with Crippen molar-refractivity contribution < 1.29 is 0 Å². The average molecular weight is 248 g/mol. The molecule has 2 rings (SSSR count). The minimum atomic E-state index is 0.207. The lowest BCUT2D eigenvalue weighted by molar-refractivity contribution is 0.0180. The summed E-state index contributed by atoms with van der Waals surface area (Å²) in [6.07, 6.45) is 3.69. The normalized spacial score (nSPS) is 22.9. The van der Waals surface area contributed by atoms with Gasteiger partial charge < -0.3 is 5.73 Å². The lowest BCUT2D eigenvalue weighted by Gasteiger charge is -2.47. The van der Waals surface area contributed by atoms with Crippen LogP contribution < -0.4 is 5.73 Å². The molecule has 0 radical (unpaired) electrons. The van der Waals surface area contributed by atoms with Crippen molar-refractivity contribution in [3.63, 3.8) is 0 Å². The van der Waals surface area contributed by atoms with Gasteiger partial charge in [0.25, 0.3) is 0 Å². The summed E-state index contributed by atoms with van der Waals surface area (Å²) in [5.74, 6) is 0. The molecule has 0 spiro atoms. The maximum absolute atomic E-state index is 5.98. The Morgan fingerprint density at radius 3 is 2.56 bits per heavy atom. The molecule has 1 aromatic rings. The van der Waals surface area contributed by atoms with Crippen LogP contribution in [0.1, 0.15) is 25.5 Å². The number of pyridine rings is 1. The number of likely N-dealkylation sites (N-methyl/N-ethyl adjacent to an activating group) is 1. The van der Waals surface area contributed by atoms with E-state index in [-0.39, 0.29) is 5.54 Å². The van der Waals surface area contributed by atoms with E-state index in [0.29, 0.717) is 12.6 Å². The van der Waals surface area contributed by atoms with E-state index in [2.05, 4.69) is 47.8 Å². The average Bonchev–Trinajstić information content (AvgIpc) is 2.36. The zero-order valence-corrected chi connectivity index (χ0v) is 11.6. The Hall–Kier alpha value is -0.970. The molecule has 0 aromatic carbocycles. The molecule has 1 unspecified atom stereocenters. The van der Waals surface area contributed by atoms with Gasteiger partial charge in [-0.15, -0.1) is 0 Å². The molecule has 1 aliphatic heterocycles. The predicted molar refractivity (Wildman–Crippen MR) is 74.3 cm³/mol. The molecule has 100 valence electrons. The molecule has 1 aliphatic rings. The smallest absolute Gasteiger partial charge is 0.0472 e. The van der Waals surface area contributed by atoms with Crippen LogP contribution in [0.25, 0.3) is 0 Å². The maximum Gasteiger partial charge on any atom is 0.0472 e. The monoisotopic (exact) mass is 248 g/mol. The molecule has 1 atom stereocenters. The van der Waals surface area contributed by atoms with Crippen LogP contribution in [-0.2, 0) is 0 Å². The molecule has 2 N–H and O–H groups in total. The van der Waals surface area contributed by atoms with Gasteiger partial charge in [-0.1, -0.05) is 0 Å². The van der Waals surface area contributed by atoms with E-state index < -0.39 is 0 Å². The molecule has 0 bridgehead atoms. The second-order valence-electron chi connectivity index (χ2n) is 5.74. The van der Waals surface area contributed by atoms with Gasteiger partial charge in [0, 0.05) is 50.2 Å². The van der Waals surface area contributed by atoms with E-state index in [1.807, 2.05) is 12.4 Å². The number of rotatable bonds is 3. The van der Waals surface area contributed by atoms with Gasteiger partial charge >= 0.3 is 0 Å². The van der Waals surface area contributed by atoms with Crippen molar-refractivity contribution >= 4 is 0 Å². The van der Waals surface area contributed by atoms with Gasteiger partial charge in [0.2, 0.25) is 0 Å². The molecule has 4 heteroatoms. The first-order valence-electron chi connectivity index (χ1n) is 6.60. The van der Waals surface area contributed by atoms with Gasteiger partial charge in [0.15, 0.2) is 0 Å². The second kappa shape index (κ2) is 5.34. The molecule has 1 fully saturated rings. The van der Waals surface area contributed by atoms with E-state index in [9.17, 15) is 0 Å². The highest BCUT2D eigenvalue weighted by atomic mass is 15.3. The van der Waals surface area contributed by atoms with Crippen molar-refractivity contribution in [2.75, 3.05) is 33.2 Å². The fourth-order valence-electron chi connectivity index (χ4n) is 2.63. The summed E-state index contributed by atoms with van der Waals surface area (Å²) in [5, 5.41) is 0. The van der Waals surface area contributed by atoms with E-state index in [4.69, 9.17) is 5.73 Å². The molecular formula is C14H24N4. The van der Waals surface area contributed by atoms with Crippen molar-refractivity contribution in [3.05, 3.63) is 30.1 Å². The van der Waals surface area contributed by atoms with Crippen LogP contribution in [0.5, 0.6) is 0 Å². The standard InChI is InChI=1S/C14H24N4/c1-14(2)11-18(9-8-17(14)3)13(10-15)12-4-6-16-7-5-12/h4-7,13H,8-11,15H2,1-3H3. The zero-order valence-electron chi connectivity index (χ0n) is 11.6. The summed E-state index contributed by atoms with van der Waals surface area (Å²) in [7, 11) is 2.20. The lowest BCUT2D eigenvalue weighted by Crippen LogP contribution is -2.58. The number of nitrogens with two attached hydrogens (primary N) is 1. The topological polar surface area (TPSA) is 45.4 Å². The number of nitrogens with zero attached hydrogens (tertiary/aromatic N) is 3. The molecule has 2 heterocycles. The third-order valence-corrected chi connectivity index (χ3v) is 4.10. The molecule has 18 heavy (non-hydrogen) atoms. The Balaban J connectivity index is 2.15. The minimum absolute atomic E-state index is 0.207. The molecule has 1 saturated heterocycles. The quantitative estimate of drug-likeness (QED) is 0.870. The van der Waals surface area contributed by atoms with Crippen molar-refractivity contribution in [2.45, 2.75) is 25.4 Å². The molecule has 0 saturated carbocycles. The summed E-state index contributed by atoms with van der Waals surface area (Å²) < 4.78 is 0. The fraction of sp³-hybridized carbons (Fsp3) is 0.643. The van der Waals surface area contributed by atoms with Crippen molar-refractivity contribution in [3.8, 4) is 0 Å². The van der Waals surface area contributed by atoms with Crippen LogP contribution in [0.2, 0.25) is 0 Å². The third kappa shape index (κ3) is 2.71. The van der Waals surface area contributed by atoms with E-state index in [0.717, 1.165) is 19.6 Å². The highest BCUT2D eigenvalue weighted by molar-refractivity contribution is 5.16. The summed E-state index contributed by atoms with van der Waals surface area (Å²) in [4.78, 5) is 9.00. The second-order valence-corrected chi connectivity index (χ2v) is 5.74. The minimum Gasteiger partial charge on any atom is -0.329 e. The van der Waals surface area contributed by atoms with Gasteiger partial charge in [-0.3, -0.25) is 14.8 Å². The van der Waals surface area contributed by atoms with Crippen LogP contribution in [0.15, 0.2) is 24.5 Å². The Morgan fingerprint density at radius 2 is 2.00 bits per heavy atom. The van der Waals surface area contributed by atoms with Crippen molar-refractivity contribution in [2.24, 2.45) is 5.73 Å². The zero-order chi connectivity index (χ0) is 13.2. The maximum atomic E-state index is 5.98. The van der Waals surface area contributed by atoms with Gasteiger partial charge in [-0.2, -0.15) is 0 Å². The van der Waals surface area contributed by atoms with Crippen LogP contribution in [0.4, 0.5) is 0 Å². The van der Waals surface area contributed by atoms with Crippen LogP contribution in [0, 0.1) is 0 Å². The Morgan fingerprint density at radius 1 is 1.33 bits per heavy atom. The predicted octanol–water partition coefficient (Wildman–Crippen LogP) is 1.11. The third-order valence-electron chi connectivity index (χ3n) is 4.10. The Bertz CT molecular complexity index is 377. The first-order valence-corrected chi connectivity index (χ1v) is 6.60. The highest BCUT2D eigenvalue weighted by Crippen LogP contribution is 2.26. The first kappa shape index (κ1) is 13.5. The van der Waals surface area contributed by atoms with Gasteiger partial charge in [0.1, 0.15) is 0 Å². The number of hydrogen-bond acceptors (Lipinski definition) is 4. The van der Waals surface area contributed by atoms with Gasteiger partial charge in [0.05, 0.1) is 0 Å². The van der Waals surface area contributed by atoms with Gasteiger partial charge in [-0.25, -0.2) is 0 Å². The van der Waals surface area contributed by atoms with Crippen LogP contribution in [-0.4, -0.2) is 53.5 Å². The Labute approximate surface area is 110 Å². The largest absolute Gasteiger partial charge is 0.329 e. The molecular weight excluding hydrogens is 224 g/mol. The van der Waals surface area contributed by atoms with E-state index in [1.54, 1.807) is 0 Å². The first-order chi connectivity index (χ1) is 8.54. The Kier molecular flexibility index (Phi) is 4.00. The summed E-state index contributed by atoms with van der Waals surface area (Å²) in [5.41, 5.74) is 7.46.